The minimum Gasteiger partial charge on any atom is -0.294 e. The lowest BCUT2D eigenvalue weighted by Crippen LogP contribution is -2.03. The van der Waals surface area contributed by atoms with Crippen LogP contribution in [0.2, 0.25) is 0 Å². The highest BCUT2D eigenvalue weighted by atomic mass is 32.2. The van der Waals surface area contributed by atoms with E-state index in [1.54, 1.807) is 0 Å². The Kier molecular flexibility index (Phi) is 2.65. The molecule has 0 saturated carbocycles. The number of ketones is 1. The molecule has 80 valence electrons. The molecule has 1 aromatic carbocycles. The quantitative estimate of drug-likeness (QED) is 0.683. The maximum atomic E-state index is 12.9. The Balaban J connectivity index is 2.65. The first-order valence-electron chi connectivity index (χ1n) is 4.50. The van der Waals surface area contributed by atoms with E-state index in [2.05, 4.69) is 0 Å². The Labute approximate surface area is 87.8 Å². The van der Waals surface area contributed by atoms with E-state index >= 15 is 0 Å². The average molecular weight is 230 g/mol. The largest absolute Gasteiger partial charge is 0.294 e. The molecule has 1 aliphatic heterocycles. The minimum atomic E-state index is -1.40. The summed E-state index contributed by atoms with van der Waals surface area (Å²) in [5, 5.41) is 0. The smallest absolute Gasteiger partial charge is 0.164 e. The molecule has 0 N–H and O–H groups in total. The van der Waals surface area contributed by atoms with Crippen LogP contribution in [0.3, 0.4) is 0 Å². The number of halogens is 2. The van der Waals surface area contributed by atoms with Crippen LogP contribution in [0.15, 0.2) is 17.0 Å². The molecule has 2 nitrogen and oxygen atoms in total. The van der Waals surface area contributed by atoms with Gasteiger partial charge in [0.05, 0.1) is 15.7 Å². The Morgan fingerprint density at radius 1 is 1.20 bits per heavy atom. The van der Waals surface area contributed by atoms with E-state index in [0.29, 0.717) is 12.2 Å². The molecular weight excluding hydrogens is 222 g/mol. The first-order valence-corrected chi connectivity index (χ1v) is 5.82. The van der Waals surface area contributed by atoms with Crippen molar-refractivity contribution in [1.82, 2.24) is 0 Å². The molecule has 1 unspecified atom stereocenters. The molecular formula is C10H8F2O2S. The normalized spacial score (nSPS) is 20.9. The van der Waals surface area contributed by atoms with Crippen LogP contribution in [-0.2, 0) is 10.8 Å². The van der Waals surface area contributed by atoms with E-state index in [-0.39, 0.29) is 22.7 Å². The predicted octanol–water partition coefficient (Wildman–Crippen LogP) is 2.05. The Morgan fingerprint density at radius 3 is 2.60 bits per heavy atom. The number of Topliss-reactive ketones (excluding diaryl/α,β-unsaturated/α-hetero) is 1. The van der Waals surface area contributed by atoms with Gasteiger partial charge in [0.15, 0.2) is 17.4 Å². The third kappa shape index (κ3) is 1.84. The van der Waals surface area contributed by atoms with Crippen LogP contribution in [0.5, 0.6) is 0 Å². The maximum absolute atomic E-state index is 12.9. The second-order valence-electron chi connectivity index (χ2n) is 3.34. The molecule has 2 rings (SSSR count). The zero-order valence-corrected chi connectivity index (χ0v) is 8.57. The molecule has 1 atom stereocenters. The minimum absolute atomic E-state index is 0.0599. The number of carbonyl (C=O) groups excluding carboxylic acids is 1. The van der Waals surface area contributed by atoms with Crippen LogP contribution in [0.4, 0.5) is 8.78 Å². The molecule has 0 aromatic heterocycles. The van der Waals surface area contributed by atoms with Crippen molar-refractivity contribution in [3.8, 4) is 0 Å². The van der Waals surface area contributed by atoms with Gasteiger partial charge in [-0.2, -0.15) is 0 Å². The van der Waals surface area contributed by atoms with Gasteiger partial charge in [0.1, 0.15) is 0 Å². The van der Waals surface area contributed by atoms with Gasteiger partial charge >= 0.3 is 0 Å². The van der Waals surface area contributed by atoms with Crippen molar-refractivity contribution >= 4 is 16.6 Å². The van der Waals surface area contributed by atoms with Crippen molar-refractivity contribution in [1.29, 1.82) is 0 Å². The number of carbonyl (C=O) groups is 1. The van der Waals surface area contributed by atoms with E-state index in [4.69, 9.17) is 0 Å². The van der Waals surface area contributed by atoms with Crippen molar-refractivity contribution in [2.75, 3.05) is 5.75 Å². The SMILES string of the molecule is O=C1CCCS(=O)c2cc(F)c(F)cc21. The summed E-state index contributed by atoms with van der Waals surface area (Å²) in [6, 6.07) is 1.71. The van der Waals surface area contributed by atoms with Gasteiger partial charge in [0, 0.05) is 17.7 Å². The van der Waals surface area contributed by atoms with Gasteiger partial charge in [-0.25, -0.2) is 8.78 Å². The molecule has 1 aromatic rings. The topological polar surface area (TPSA) is 34.1 Å². The van der Waals surface area contributed by atoms with Gasteiger partial charge in [-0.15, -0.1) is 0 Å². The molecule has 0 radical (unpaired) electrons. The Hall–Kier alpha value is -1.10. The fourth-order valence-electron chi connectivity index (χ4n) is 1.54. The molecule has 0 fully saturated rings. The monoisotopic (exact) mass is 230 g/mol. The van der Waals surface area contributed by atoms with Crippen molar-refractivity contribution in [2.45, 2.75) is 17.7 Å². The molecule has 5 heteroatoms. The van der Waals surface area contributed by atoms with Gasteiger partial charge < -0.3 is 0 Å². The first kappa shape index (κ1) is 10.4. The van der Waals surface area contributed by atoms with Crippen LogP contribution in [0, 0.1) is 11.6 Å². The molecule has 0 spiro atoms. The lowest BCUT2D eigenvalue weighted by Gasteiger charge is -2.04. The predicted molar refractivity (Wildman–Crippen MR) is 51.2 cm³/mol. The fraction of sp³-hybridized carbons (Fsp3) is 0.300. The highest BCUT2D eigenvalue weighted by Gasteiger charge is 2.22. The third-order valence-corrected chi connectivity index (χ3v) is 3.79. The van der Waals surface area contributed by atoms with Gasteiger partial charge in [0.25, 0.3) is 0 Å². The van der Waals surface area contributed by atoms with Crippen LogP contribution in [-0.4, -0.2) is 15.7 Å². The summed E-state index contributed by atoms with van der Waals surface area (Å²) in [5.74, 6) is -2.07. The average Bonchev–Trinajstić information content (AvgIpc) is 2.31. The number of hydrogen-bond donors (Lipinski definition) is 0. The van der Waals surface area contributed by atoms with Crippen LogP contribution in [0.25, 0.3) is 0 Å². The number of hydrogen-bond acceptors (Lipinski definition) is 2. The summed E-state index contributed by atoms with van der Waals surface area (Å²) in [5.41, 5.74) is 0.0599. The molecule has 1 aliphatic rings. The second kappa shape index (κ2) is 3.81. The molecule has 0 saturated heterocycles. The second-order valence-corrected chi connectivity index (χ2v) is 4.88. The van der Waals surface area contributed by atoms with E-state index < -0.39 is 22.4 Å². The van der Waals surface area contributed by atoms with E-state index in [1.165, 1.54) is 0 Å². The number of fused-ring (bicyclic) bond motifs is 1. The molecule has 0 amide bonds. The fourth-order valence-corrected chi connectivity index (χ4v) is 2.82. The molecule has 15 heavy (non-hydrogen) atoms. The van der Waals surface area contributed by atoms with Gasteiger partial charge in [0.2, 0.25) is 0 Å². The summed E-state index contributed by atoms with van der Waals surface area (Å²) >= 11 is 0. The Morgan fingerprint density at radius 2 is 1.87 bits per heavy atom. The van der Waals surface area contributed by atoms with Crippen molar-refractivity contribution in [3.05, 3.63) is 29.3 Å². The van der Waals surface area contributed by atoms with Gasteiger partial charge in [-0.05, 0) is 18.6 Å². The highest BCUT2D eigenvalue weighted by molar-refractivity contribution is 7.85. The Bertz CT molecular complexity index is 416. The van der Waals surface area contributed by atoms with Crippen LogP contribution >= 0.6 is 0 Å². The number of rotatable bonds is 0. The lowest BCUT2D eigenvalue weighted by atomic mass is 10.1. The van der Waals surface area contributed by atoms with E-state index in [9.17, 15) is 17.8 Å². The van der Waals surface area contributed by atoms with E-state index in [0.717, 1.165) is 12.1 Å². The summed E-state index contributed by atoms with van der Waals surface area (Å²) in [6.07, 6.45) is 0.729. The zero-order valence-electron chi connectivity index (χ0n) is 7.76. The summed E-state index contributed by atoms with van der Waals surface area (Å²) in [4.78, 5) is 11.6. The molecule has 0 aliphatic carbocycles. The molecule has 0 bridgehead atoms. The third-order valence-electron chi connectivity index (χ3n) is 2.30. The van der Waals surface area contributed by atoms with E-state index in [1.807, 2.05) is 0 Å². The first-order chi connectivity index (χ1) is 7.09. The van der Waals surface area contributed by atoms with Gasteiger partial charge in [-0.1, -0.05) is 0 Å². The van der Waals surface area contributed by atoms with Crippen LogP contribution < -0.4 is 0 Å². The van der Waals surface area contributed by atoms with Crippen LogP contribution in [0.1, 0.15) is 23.2 Å². The summed E-state index contributed by atoms with van der Waals surface area (Å²) < 4.78 is 37.4. The lowest BCUT2D eigenvalue weighted by molar-refractivity contribution is 0.0979. The molecule has 1 heterocycles. The van der Waals surface area contributed by atoms with Crippen molar-refractivity contribution < 1.29 is 17.8 Å². The summed E-state index contributed by atoms with van der Waals surface area (Å²) in [6.45, 7) is 0. The maximum Gasteiger partial charge on any atom is 0.164 e. The van der Waals surface area contributed by atoms with Crippen molar-refractivity contribution in [3.63, 3.8) is 0 Å². The zero-order chi connectivity index (χ0) is 11.0. The highest BCUT2D eigenvalue weighted by Crippen LogP contribution is 2.24. The van der Waals surface area contributed by atoms with Crippen molar-refractivity contribution in [2.24, 2.45) is 0 Å². The summed E-state index contributed by atoms with van der Waals surface area (Å²) in [7, 11) is -1.40. The van der Waals surface area contributed by atoms with Gasteiger partial charge in [-0.3, -0.25) is 9.00 Å². The standard InChI is InChI=1S/C10H8F2O2S/c11-7-4-6-9(13)2-1-3-15(14)10(6)5-8(7)12/h4-5H,1-3H2. The number of benzene rings is 1.